The average molecular weight is 434 g/mol. The number of carbonyl (C=O) groups excluding carboxylic acids is 2. The monoisotopic (exact) mass is 433 g/mol. The van der Waals surface area contributed by atoms with Crippen LogP contribution in [-0.4, -0.2) is 62.2 Å². The molecule has 1 heterocycles. The van der Waals surface area contributed by atoms with Gasteiger partial charge in [-0.15, -0.1) is 12.4 Å². The first kappa shape index (κ1) is 24.5. The number of methoxy groups -OCH3 is 1. The maximum absolute atomic E-state index is 12.7. The Balaban J connectivity index is 0.00000392. The van der Waals surface area contributed by atoms with Crippen LogP contribution >= 0.6 is 24.0 Å². The molecule has 2 amide bonds. The van der Waals surface area contributed by atoms with Gasteiger partial charge in [-0.05, 0) is 58.0 Å². The highest BCUT2D eigenvalue weighted by Gasteiger charge is 2.39. The summed E-state index contributed by atoms with van der Waals surface area (Å²) in [6.07, 6.45) is 1.22. The largest absolute Gasteiger partial charge is 0.482 e. The molecule has 7 nitrogen and oxygen atoms in total. The van der Waals surface area contributed by atoms with Crippen molar-refractivity contribution in [3.05, 3.63) is 23.2 Å². The third-order valence-corrected chi connectivity index (χ3v) is 5.17. The second kappa shape index (κ2) is 11.5. The van der Waals surface area contributed by atoms with E-state index in [9.17, 15) is 9.59 Å². The molecule has 0 aliphatic carbocycles. The Hall–Kier alpha value is -1.54. The molecule has 28 heavy (non-hydrogen) atoms. The Labute approximate surface area is 177 Å². The van der Waals surface area contributed by atoms with Crippen molar-refractivity contribution in [3.8, 4) is 5.75 Å². The number of ether oxygens (including phenoxy) is 2. The Bertz CT molecular complexity index is 663. The lowest BCUT2D eigenvalue weighted by atomic mass is 9.91. The van der Waals surface area contributed by atoms with Gasteiger partial charge in [-0.25, -0.2) is 0 Å². The Morgan fingerprint density at radius 2 is 1.89 bits per heavy atom. The number of rotatable bonds is 8. The number of benzene rings is 1. The summed E-state index contributed by atoms with van der Waals surface area (Å²) in [7, 11) is 1.56. The van der Waals surface area contributed by atoms with Crippen LogP contribution in [0, 0.1) is 0 Å². The van der Waals surface area contributed by atoms with E-state index in [1.807, 2.05) is 13.8 Å². The summed E-state index contributed by atoms with van der Waals surface area (Å²) in [6.45, 7) is 6.49. The van der Waals surface area contributed by atoms with Gasteiger partial charge in [0.15, 0.2) is 6.61 Å². The maximum Gasteiger partial charge on any atom is 0.260 e. The van der Waals surface area contributed by atoms with E-state index >= 15 is 0 Å². The third kappa shape index (κ3) is 5.98. The molecule has 1 saturated heterocycles. The summed E-state index contributed by atoms with van der Waals surface area (Å²) < 4.78 is 11.1. The molecular weight excluding hydrogens is 405 g/mol. The molecule has 0 radical (unpaired) electrons. The summed E-state index contributed by atoms with van der Waals surface area (Å²) in [6, 6.07) is 4.96. The second-order valence-corrected chi connectivity index (χ2v) is 6.81. The van der Waals surface area contributed by atoms with Crippen molar-refractivity contribution in [3.63, 3.8) is 0 Å². The van der Waals surface area contributed by atoms with Crippen molar-refractivity contribution in [1.82, 2.24) is 10.2 Å². The van der Waals surface area contributed by atoms with Gasteiger partial charge in [0.2, 0.25) is 0 Å². The molecule has 0 aromatic heterocycles. The lowest BCUT2D eigenvalue weighted by molar-refractivity contribution is -0.140. The highest BCUT2D eigenvalue weighted by Crippen LogP contribution is 2.29. The van der Waals surface area contributed by atoms with Gasteiger partial charge in [0.1, 0.15) is 11.4 Å². The molecule has 0 bridgehead atoms. The number of amides is 2. The van der Waals surface area contributed by atoms with Crippen molar-refractivity contribution in [2.45, 2.75) is 32.3 Å². The minimum Gasteiger partial charge on any atom is -0.482 e. The Kier molecular flexibility index (Phi) is 10.0. The fourth-order valence-corrected chi connectivity index (χ4v) is 3.34. The average Bonchev–Trinajstić information content (AvgIpc) is 2.68. The van der Waals surface area contributed by atoms with E-state index in [0.717, 1.165) is 13.1 Å². The minimum atomic E-state index is -0.830. The highest BCUT2D eigenvalue weighted by atomic mass is 35.5. The molecule has 9 heteroatoms. The van der Waals surface area contributed by atoms with E-state index in [1.54, 1.807) is 30.2 Å². The van der Waals surface area contributed by atoms with Crippen LogP contribution in [0.4, 0.5) is 5.69 Å². The maximum atomic E-state index is 12.7. The standard InChI is InChI=1S/C19H28ClN3O4.ClH/c1-4-23(5-2)17(24)13-27-16-7-6-14(12-15(16)20)22-18(25)19(26-3)8-10-21-11-9-19;/h6-7,12,21H,4-5,8-11,13H2,1-3H3,(H,22,25);1H. The van der Waals surface area contributed by atoms with E-state index in [-0.39, 0.29) is 30.8 Å². The number of likely N-dealkylation sites (N-methyl/N-ethyl adjacent to an activating group) is 1. The van der Waals surface area contributed by atoms with Gasteiger partial charge in [-0.1, -0.05) is 11.6 Å². The van der Waals surface area contributed by atoms with Crippen molar-refractivity contribution in [2.75, 3.05) is 45.2 Å². The lowest BCUT2D eigenvalue weighted by Gasteiger charge is -2.34. The molecular formula is C19H29Cl2N3O4. The van der Waals surface area contributed by atoms with Crippen LogP contribution in [0.1, 0.15) is 26.7 Å². The minimum absolute atomic E-state index is 0. The van der Waals surface area contributed by atoms with Gasteiger partial charge in [0.05, 0.1) is 5.02 Å². The van der Waals surface area contributed by atoms with Gasteiger partial charge in [-0.3, -0.25) is 9.59 Å². The van der Waals surface area contributed by atoms with Crippen molar-refractivity contribution in [1.29, 1.82) is 0 Å². The van der Waals surface area contributed by atoms with Gasteiger partial charge in [-0.2, -0.15) is 0 Å². The molecule has 1 aromatic carbocycles. The number of nitrogens with one attached hydrogen (secondary N) is 2. The Morgan fingerprint density at radius 3 is 2.43 bits per heavy atom. The number of piperidine rings is 1. The normalized spacial score (nSPS) is 15.3. The molecule has 0 saturated carbocycles. The summed E-state index contributed by atoms with van der Waals surface area (Å²) in [5, 5.41) is 6.42. The number of hydrogen-bond acceptors (Lipinski definition) is 5. The van der Waals surface area contributed by atoms with Crippen LogP contribution in [0.25, 0.3) is 0 Å². The fraction of sp³-hybridized carbons (Fsp3) is 0.579. The second-order valence-electron chi connectivity index (χ2n) is 6.40. The first-order valence-corrected chi connectivity index (χ1v) is 9.61. The molecule has 158 valence electrons. The smallest absolute Gasteiger partial charge is 0.260 e. The summed E-state index contributed by atoms with van der Waals surface area (Å²) >= 11 is 6.26. The SMILES string of the molecule is CCN(CC)C(=O)COc1ccc(NC(=O)C2(OC)CCNCC2)cc1Cl.Cl. The van der Waals surface area contributed by atoms with Crippen molar-refractivity contribution in [2.24, 2.45) is 0 Å². The quantitative estimate of drug-likeness (QED) is 0.658. The van der Waals surface area contributed by atoms with Crippen LogP contribution in [0.5, 0.6) is 5.75 Å². The summed E-state index contributed by atoms with van der Waals surface area (Å²) in [4.78, 5) is 26.4. The van der Waals surface area contributed by atoms with E-state index in [2.05, 4.69) is 10.6 Å². The zero-order valence-electron chi connectivity index (χ0n) is 16.5. The van der Waals surface area contributed by atoms with Crippen LogP contribution in [0.15, 0.2) is 18.2 Å². The van der Waals surface area contributed by atoms with Gasteiger partial charge < -0.3 is 25.0 Å². The molecule has 0 unspecified atom stereocenters. The van der Waals surface area contributed by atoms with Gasteiger partial charge in [0, 0.05) is 25.9 Å². The molecule has 0 spiro atoms. The highest BCUT2D eigenvalue weighted by molar-refractivity contribution is 6.32. The topological polar surface area (TPSA) is 79.9 Å². The molecule has 1 fully saturated rings. The number of carbonyl (C=O) groups is 2. The number of nitrogens with zero attached hydrogens (tertiary/aromatic N) is 1. The van der Waals surface area contributed by atoms with Crippen LogP contribution in [-0.2, 0) is 14.3 Å². The van der Waals surface area contributed by atoms with Crippen LogP contribution < -0.4 is 15.4 Å². The number of anilines is 1. The first-order valence-electron chi connectivity index (χ1n) is 9.23. The molecule has 1 aliphatic heterocycles. The number of halogens is 2. The van der Waals surface area contributed by atoms with E-state index in [0.29, 0.717) is 42.4 Å². The van der Waals surface area contributed by atoms with Crippen molar-refractivity contribution < 1.29 is 19.1 Å². The van der Waals surface area contributed by atoms with Gasteiger partial charge in [0.25, 0.3) is 11.8 Å². The zero-order chi connectivity index (χ0) is 19.9. The molecule has 0 atom stereocenters. The Morgan fingerprint density at radius 1 is 1.25 bits per heavy atom. The molecule has 2 N–H and O–H groups in total. The van der Waals surface area contributed by atoms with Crippen LogP contribution in [0.2, 0.25) is 5.02 Å². The predicted octanol–water partition coefficient (Wildman–Crippen LogP) is 2.72. The first-order chi connectivity index (χ1) is 13.0. The molecule has 1 aliphatic rings. The lowest BCUT2D eigenvalue weighted by Crippen LogP contribution is -2.51. The van der Waals surface area contributed by atoms with Gasteiger partial charge >= 0.3 is 0 Å². The van der Waals surface area contributed by atoms with E-state index < -0.39 is 5.60 Å². The third-order valence-electron chi connectivity index (χ3n) is 4.87. The van der Waals surface area contributed by atoms with E-state index in [1.165, 1.54) is 0 Å². The summed E-state index contributed by atoms with van der Waals surface area (Å²) in [5.41, 5.74) is -0.273. The predicted molar refractivity (Wildman–Crippen MR) is 113 cm³/mol. The van der Waals surface area contributed by atoms with E-state index in [4.69, 9.17) is 21.1 Å². The zero-order valence-corrected chi connectivity index (χ0v) is 18.1. The van der Waals surface area contributed by atoms with Crippen molar-refractivity contribution >= 4 is 41.5 Å². The van der Waals surface area contributed by atoms with Crippen LogP contribution in [0.3, 0.4) is 0 Å². The molecule has 1 aromatic rings. The number of hydrogen-bond donors (Lipinski definition) is 2. The summed E-state index contributed by atoms with van der Waals surface area (Å²) in [5.74, 6) is 0.118. The molecule has 2 rings (SSSR count). The fourth-order valence-electron chi connectivity index (χ4n) is 3.10.